The summed E-state index contributed by atoms with van der Waals surface area (Å²) in [5, 5.41) is 14.7. The van der Waals surface area contributed by atoms with Crippen molar-refractivity contribution in [3.8, 4) is 17.8 Å². The molecule has 0 aliphatic rings. The number of hydrogen-bond acceptors (Lipinski definition) is 7. The Labute approximate surface area is 162 Å². The van der Waals surface area contributed by atoms with E-state index < -0.39 is 5.82 Å². The van der Waals surface area contributed by atoms with Gasteiger partial charge in [-0.25, -0.2) is 4.39 Å². The van der Waals surface area contributed by atoms with Crippen LogP contribution in [0.5, 0.6) is 11.8 Å². The summed E-state index contributed by atoms with van der Waals surface area (Å²) in [5.74, 6) is 0.397. The zero-order valence-corrected chi connectivity index (χ0v) is 15.7. The van der Waals surface area contributed by atoms with Gasteiger partial charge in [-0.3, -0.25) is 0 Å². The number of nitrogens with zero attached hydrogens (tertiary/aromatic N) is 4. The molecule has 0 unspecified atom stereocenters. The lowest BCUT2D eigenvalue weighted by atomic mass is 10.2. The zero-order chi connectivity index (χ0) is 20.1. The maximum atomic E-state index is 14.2. The molecule has 1 aromatic heterocycles. The Bertz CT molecular complexity index is 1010. The van der Waals surface area contributed by atoms with E-state index in [1.165, 1.54) is 12.1 Å². The topological polar surface area (TPSA) is 95.8 Å². The monoisotopic (exact) mass is 378 g/mol. The molecule has 0 radical (unpaired) electrons. The Kier molecular flexibility index (Phi) is 5.65. The highest BCUT2D eigenvalue weighted by Gasteiger charge is 2.12. The standard InChI is InChI=1S/C20H19FN6O/c1-12(2)23-18-25-19(24-17-9-6-14(11-22)10-16(17)21)27-20(26-18)28-15-7-4-13(3)5-8-15/h4-10,12H,1-3H3,(H2,23,24,25,26,27). The lowest BCUT2D eigenvalue weighted by molar-refractivity contribution is 0.441. The van der Waals surface area contributed by atoms with Crippen molar-refractivity contribution in [1.82, 2.24) is 15.0 Å². The number of nitriles is 1. The van der Waals surface area contributed by atoms with Gasteiger partial charge in [0, 0.05) is 6.04 Å². The van der Waals surface area contributed by atoms with Crippen LogP contribution in [0.3, 0.4) is 0 Å². The minimum atomic E-state index is -0.584. The van der Waals surface area contributed by atoms with Gasteiger partial charge >= 0.3 is 6.01 Å². The molecule has 0 aliphatic heterocycles. The van der Waals surface area contributed by atoms with Crippen LogP contribution in [0, 0.1) is 24.1 Å². The molecule has 0 aliphatic carbocycles. The Balaban J connectivity index is 1.91. The van der Waals surface area contributed by atoms with Gasteiger partial charge < -0.3 is 15.4 Å². The van der Waals surface area contributed by atoms with Gasteiger partial charge in [0.2, 0.25) is 11.9 Å². The molecule has 0 saturated heterocycles. The molecule has 8 heteroatoms. The van der Waals surface area contributed by atoms with Crippen molar-refractivity contribution in [2.45, 2.75) is 26.8 Å². The number of ether oxygens (including phenoxy) is 1. The predicted molar refractivity (Wildman–Crippen MR) is 104 cm³/mol. The fourth-order valence-corrected chi connectivity index (χ4v) is 2.30. The lowest BCUT2D eigenvalue weighted by Crippen LogP contribution is -2.14. The van der Waals surface area contributed by atoms with Gasteiger partial charge in [0.25, 0.3) is 0 Å². The molecule has 3 aromatic rings. The smallest absolute Gasteiger partial charge is 0.328 e. The van der Waals surface area contributed by atoms with Crippen molar-refractivity contribution in [1.29, 1.82) is 5.26 Å². The van der Waals surface area contributed by atoms with Crippen molar-refractivity contribution in [2.75, 3.05) is 10.6 Å². The second kappa shape index (κ2) is 8.31. The SMILES string of the molecule is Cc1ccc(Oc2nc(Nc3ccc(C#N)cc3F)nc(NC(C)C)n2)cc1. The average molecular weight is 378 g/mol. The summed E-state index contributed by atoms with van der Waals surface area (Å²) >= 11 is 0. The summed E-state index contributed by atoms with van der Waals surface area (Å²) < 4.78 is 19.9. The molecule has 0 saturated carbocycles. The summed E-state index contributed by atoms with van der Waals surface area (Å²) in [4.78, 5) is 12.7. The Hall–Kier alpha value is -3.73. The van der Waals surface area contributed by atoms with Crippen LogP contribution in [0.15, 0.2) is 42.5 Å². The largest absolute Gasteiger partial charge is 0.424 e. The van der Waals surface area contributed by atoms with Gasteiger partial charge in [-0.1, -0.05) is 17.7 Å². The van der Waals surface area contributed by atoms with E-state index in [4.69, 9.17) is 10.00 Å². The van der Waals surface area contributed by atoms with Gasteiger partial charge in [-0.2, -0.15) is 20.2 Å². The van der Waals surface area contributed by atoms with Gasteiger partial charge in [0.05, 0.1) is 17.3 Å². The molecule has 2 N–H and O–H groups in total. The summed E-state index contributed by atoms with van der Waals surface area (Å²) in [7, 11) is 0. The van der Waals surface area contributed by atoms with Gasteiger partial charge in [-0.05, 0) is 51.1 Å². The average Bonchev–Trinajstić information content (AvgIpc) is 2.64. The number of nitrogens with one attached hydrogen (secondary N) is 2. The van der Waals surface area contributed by atoms with E-state index >= 15 is 0 Å². The quantitative estimate of drug-likeness (QED) is 0.650. The summed E-state index contributed by atoms with van der Waals surface area (Å²) in [6.45, 7) is 5.86. The van der Waals surface area contributed by atoms with Crippen LogP contribution in [0.25, 0.3) is 0 Å². The molecule has 7 nitrogen and oxygen atoms in total. The van der Waals surface area contributed by atoms with Crippen LogP contribution in [-0.2, 0) is 0 Å². The molecule has 0 spiro atoms. The van der Waals surface area contributed by atoms with E-state index in [-0.39, 0.29) is 29.3 Å². The first kappa shape index (κ1) is 19.0. The molecule has 1 heterocycles. The number of anilines is 3. The third-order valence-corrected chi connectivity index (χ3v) is 3.61. The van der Waals surface area contributed by atoms with Gasteiger partial charge in [0.1, 0.15) is 11.6 Å². The number of aryl methyl sites for hydroxylation is 1. The van der Waals surface area contributed by atoms with E-state index in [9.17, 15) is 4.39 Å². The number of aromatic nitrogens is 3. The maximum Gasteiger partial charge on any atom is 0.328 e. The molecule has 2 aromatic carbocycles. The molecular weight excluding hydrogens is 359 g/mol. The Morgan fingerprint density at radius 3 is 2.39 bits per heavy atom. The number of hydrogen-bond donors (Lipinski definition) is 2. The van der Waals surface area contributed by atoms with Crippen molar-refractivity contribution < 1.29 is 9.13 Å². The summed E-state index contributed by atoms with van der Waals surface area (Å²) in [6, 6.07) is 13.6. The maximum absolute atomic E-state index is 14.2. The molecule has 0 bridgehead atoms. The first-order valence-electron chi connectivity index (χ1n) is 8.67. The summed E-state index contributed by atoms with van der Waals surface area (Å²) in [5.41, 5.74) is 1.47. The van der Waals surface area contributed by atoms with Crippen molar-refractivity contribution in [3.63, 3.8) is 0 Å². The highest BCUT2D eigenvalue weighted by atomic mass is 19.1. The first-order valence-corrected chi connectivity index (χ1v) is 8.67. The Morgan fingerprint density at radius 2 is 1.75 bits per heavy atom. The lowest BCUT2D eigenvalue weighted by Gasteiger charge is -2.12. The Morgan fingerprint density at radius 1 is 1.04 bits per heavy atom. The highest BCUT2D eigenvalue weighted by Crippen LogP contribution is 2.23. The fourth-order valence-electron chi connectivity index (χ4n) is 2.30. The molecule has 142 valence electrons. The van der Waals surface area contributed by atoms with E-state index in [0.717, 1.165) is 11.6 Å². The van der Waals surface area contributed by atoms with Crippen molar-refractivity contribution in [2.24, 2.45) is 0 Å². The van der Waals surface area contributed by atoms with Crippen LogP contribution in [0.1, 0.15) is 25.0 Å². The van der Waals surface area contributed by atoms with E-state index in [1.807, 2.05) is 51.1 Å². The van der Waals surface area contributed by atoms with Crippen LogP contribution in [0.4, 0.5) is 22.0 Å². The minimum Gasteiger partial charge on any atom is -0.424 e. The van der Waals surface area contributed by atoms with Gasteiger partial charge in [0.15, 0.2) is 0 Å². The normalized spacial score (nSPS) is 10.4. The van der Waals surface area contributed by atoms with Crippen molar-refractivity contribution in [3.05, 3.63) is 59.4 Å². The fraction of sp³-hybridized carbons (Fsp3) is 0.200. The number of rotatable bonds is 6. The van der Waals surface area contributed by atoms with Crippen LogP contribution in [0.2, 0.25) is 0 Å². The molecule has 28 heavy (non-hydrogen) atoms. The number of halogens is 1. The molecule has 0 amide bonds. The molecule has 3 rings (SSSR count). The van der Waals surface area contributed by atoms with Crippen LogP contribution < -0.4 is 15.4 Å². The second-order valence-corrected chi connectivity index (χ2v) is 6.41. The molecule has 0 fully saturated rings. The molecular formula is C20H19FN6O. The highest BCUT2D eigenvalue weighted by molar-refractivity contribution is 5.57. The van der Waals surface area contributed by atoms with Crippen LogP contribution >= 0.6 is 0 Å². The second-order valence-electron chi connectivity index (χ2n) is 6.41. The predicted octanol–water partition coefficient (Wildman–Crippen LogP) is 4.55. The molecule has 0 atom stereocenters. The van der Waals surface area contributed by atoms with E-state index in [0.29, 0.717) is 11.7 Å². The van der Waals surface area contributed by atoms with Crippen LogP contribution in [-0.4, -0.2) is 21.0 Å². The zero-order valence-electron chi connectivity index (χ0n) is 15.7. The minimum absolute atomic E-state index is 0.0681. The number of benzene rings is 2. The van der Waals surface area contributed by atoms with E-state index in [1.54, 1.807) is 0 Å². The third kappa shape index (κ3) is 4.92. The van der Waals surface area contributed by atoms with E-state index in [2.05, 4.69) is 25.6 Å². The van der Waals surface area contributed by atoms with Gasteiger partial charge in [-0.15, -0.1) is 0 Å². The third-order valence-electron chi connectivity index (χ3n) is 3.61. The first-order chi connectivity index (χ1) is 13.4. The summed E-state index contributed by atoms with van der Waals surface area (Å²) in [6.07, 6.45) is 0. The van der Waals surface area contributed by atoms with Crippen molar-refractivity contribution >= 4 is 17.6 Å².